The van der Waals surface area contributed by atoms with Crippen molar-refractivity contribution in [2.75, 3.05) is 11.9 Å². The molecule has 0 saturated carbocycles. The predicted octanol–water partition coefficient (Wildman–Crippen LogP) is 2.58. The number of hydrogen-bond donors (Lipinski definition) is 1. The van der Waals surface area contributed by atoms with Crippen LogP contribution in [0.3, 0.4) is 0 Å². The van der Waals surface area contributed by atoms with Gasteiger partial charge in [-0.2, -0.15) is 0 Å². The number of aromatic hydroxyl groups is 1. The molecule has 1 N–H and O–H groups in total. The maximum Gasteiger partial charge on any atom is 0.282 e. The Hall–Kier alpha value is -2.89. The molecule has 20 heavy (non-hydrogen) atoms. The number of carbonyl (C=O) groups is 1. The van der Waals surface area contributed by atoms with Crippen molar-refractivity contribution in [3.8, 4) is 5.75 Å². The first-order valence-electron chi connectivity index (χ1n) is 5.81. The van der Waals surface area contributed by atoms with Crippen LogP contribution in [0.5, 0.6) is 5.75 Å². The number of rotatable bonds is 3. The van der Waals surface area contributed by atoms with Gasteiger partial charge in [0, 0.05) is 18.8 Å². The molecule has 0 aliphatic rings. The Morgan fingerprint density at radius 3 is 2.45 bits per heavy atom. The molecule has 2 aromatic rings. The van der Waals surface area contributed by atoms with Gasteiger partial charge < -0.3 is 10.0 Å². The molecular weight excluding hydrogens is 260 g/mol. The van der Waals surface area contributed by atoms with Crippen LogP contribution < -0.4 is 4.90 Å². The normalized spacial score (nSPS) is 10.1. The summed E-state index contributed by atoms with van der Waals surface area (Å²) in [4.78, 5) is 23.9. The molecular formula is C14H12N2O4. The van der Waals surface area contributed by atoms with Crippen molar-refractivity contribution in [3.63, 3.8) is 0 Å². The molecule has 2 aromatic carbocycles. The molecule has 0 unspecified atom stereocenters. The summed E-state index contributed by atoms with van der Waals surface area (Å²) < 4.78 is 0. The molecule has 2 rings (SSSR count). The highest BCUT2D eigenvalue weighted by Gasteiger charge is 2.24. The summed E-state index contributed by atoms with van der Waals surface area (Å²) in [5, 5.41) is 20.4. The molecule has 0 aliphatic carbocycles. The van der Waals surface area contributed by atoms with Crippen LogP contribution in [0.2, 0.25) is 0 Å². The predicted molar refractivity (Wildman–Crippen MR) is 73.9 cm³/mol. The summed E-state index contributed by atoms with van der Waals surface area (Å²) in [6, 6.07) is 12.1. The first-order valence-corrected chi connectivity index (χ1v) is 5.81. The van der Waals surface area contributed by atoms with Gasteiger partial charge >= 0.3 is 0 Å². The van der Waals surface area contributed by atoms with E-state index in [-0.39, 0.29) is 17.0 Å². The topological polar surface area (TPSA) is 83.7 Å². The number of anilines is 1. The highest BCUT2D eigenvalue weighted by atomic mass is 16.6. The average molecular weight is 272 g/mol. The minimum atomic E-state index is -0.647. The molecule has 6 heteroatoms. The molecule has 0 spiro atoms. The lowest BCUT2D eigenvalue weighted by molar-refractivity contribution is -0.385. The number of hydrogen-bond acceptors (Lipinski definition) is 4. The number of para-hydroxylation sites is 1. The van der Waals surface area contributed by atoms with Crippen LogP contribution in [0.1, 0.15) is 10.4 Å². The van der Waals surface area contributed by atoms with Crippen LogP contribution in [0.4, 0.5) is 11.4 Å². The van der Waals surface area contributed by atoms with Crippen LogP contribution in [-0.4, -0.2) is 23.0 Å². The maximum absolute atomic E-state index is 12.3. The Morgan fingerprint density at radius 1 is 1.20 bits per heavy atom. The zero-order chi connectivity index (χ0) is 14.7. The lowest BCUT2D eigenvalue weighted by atomic mass is 10.1. The number of phenols is 1. The third-order valence-corrected chi connectivity index (χ3v) is 2.86. The molecule has 0 saturated heterocycles. The smallest absolute Gasteiger partial charge is 0.282 e. The van der Waals surface area contributed by atoms with Crippen molar-refractivity contribution in [3.05, 3.63) is 64.2 Å². The number of carbonyl (C=O) groups excluding carboxylic acids is 1. The maximum atomic E-state index is 12.3. The van der Waals surface area contributed by atoms with Gasteiger partial charge in [-0.15, -0.1) is 0 Å². The Balaban J connectivity index is 2.43. The van der Waals surface area contributed by atoms with Crippen molar-refractivity contribution < 1.29 is 14.8 Å². The van der Waals surface area contributed by atoms with Gasteiger partial charge in [0.25, 0.3) is 11.6 Å². The van der Waals surface area contributed by atoms with E-state index in [0.717, 1.165) is 12.1 Å². The number of nitro benzene ring substituents is 1. The van der Waals surface area contributed by atoms with E-state index in [4.69, 9.17) is 0 Å². The Morgan fingerprint density at radius 2 is 1.85 bits per heavy atom. The SMILES string of the molecule is CN(C(=O)c1cc(O)ccc1[N+](=O)[O-])c1ccccc1. The van der Waals surface area contributed by atoms with Gasteiger partial charge in [-0.05, 0) is 24.3 Å². The third-order valence-electron chi connectivity index (χ3n) is 2.86. The molecule has 0 heterocycles. The largest absolute Gasteiger partial charge is 0.508 e. The number of nitrogens with zero attached hydrogens (tertiary/aromatic N) is 2. The van der Waals surface area contributed by atoms with Crippen molar-refractivity contribution in [2.45, 2.75) is 0 Å². The molecule has 102 valence electrons. The molecule has 1 amide bonds. The van der Waals surface area contributed by atoms with Crippen LogP contribution in [0.15, 0.2) is 48.5 Å². The average Bonchev–Trinajstić information content (AvgIpc) is 2.46. The van der Waals surface area contributed by atoms with Gasteiger partial charge in [0.2, 0.25) is 0 Å². The van der Waals surface area contributed by atoms with E-state index in [2.05, 4.69) is 0 Å². The van der Waals surface area contributed by atoms with E-state index < -0.39 is 10.8 Å². The van der Waals surface area contributed by atoms with Gasteiger partial charge in [0.1, 0.15) is 11.3 Å². The van der Waals surface area contributed by atoms with Crippen molar-refractivity contribution in [2.24, 2.45) is 0 Å². The second kappa shape index (κ2) is 5.40. The molecule has 6 nitrogen and oxygen atoms in total. The van der Waals surface area contributed by atoms with Gasteiger partial charge in [0.05, 0.1) is 4.92 Å². The van der Waals surface area contributed by atoms with Crippen molar-refractivity contribution in [1.82, 2.24) is 0 Å². The second-order valence-electron chi connectivity index (χ2n) is 4.16. The molecule has 0 bridgehead atoms. The zero-order valence-corrected chi connectivity index (χ0v) is 10.7. The molecule has 0 radical (unpaired) electrons. The quantitative estimate of drug-likeness (QED) is 0.687. The summed E-state index contributed by atoms with van der Waals surface area (Å²) in [6.07, 6.45) is 0. The van der Waals surface area contributed by atoms with E-state index >= 15 is 0 Å². The first-order chi connectivity index (χ1) is 9.50. The fraction of sp³-hybridized carbons (Fsp3) is 0.0714. The summed E-state index contributed by atoms with van der Waals surface area (Å²) >= 11 is 0. The fourth-order valence-electron chi connectivity index (χ4n) is 1.80. The first kappa shape index (κ1) is 13.5. The highest BCUT2D eigenvalue weighted by molar-refractivity contribution is 6.08. The van der Waals surface area contributed by atoms with Gasteiger partial charge in [0.15, 0.2) is 0 Å². The van der Waals surface area contributed by atoms with Crippen LogP contribution >= 0.6 is 0 Å². The zero-order valence-electron chi connectivity index (χ0n) is 10.7. The summed E-state index contributed by atoms with van der Waals surface area (Å²) in [5.74, 6) is -0.751. The minimum absolute atomic E-state index is 0.152. The molecule has 0 fully saturated rings. The highest BCUT2D eigenvalue weighted by Crippen LogP contribution is 2.26. The summed E-state index contributed by atoms with van der Waals surface area (Å²) in [7, 11) is 1.52. The Labute approximate surface area is 115 Å². The van der Waals surface area contributed by atoms with Crippen molar-refractivity contribution >= 4 is 17.3 Å². The van der Waals surface area contributed by atoms with Crippen LogP contribution in [0, 0.1) is 10.1 Å². The monoisotopic (exact) mass is 272 g/mol. The molecule has 0 aromatic heterocycles. The van der Waals surface area contributed by atoms with Crippen LogP contribution in [0.25, 0.3) is 0 Å². The minimum Gasteiger partial charge on any atom is -0.508 e. The number of amides is 1. The molecule has 0 atom stereocenters. The van der Waals surface area contributed by atoms with Gasteiger partial charge in [-0.1, -0.05) is 18.2 Å². The molecule has 0 aliphatic heterocycles. The summed E-state index contributed by atoms with van der Waals surface area (Å²) in [5.41, 5.74) is 0.118. The van der Waals surface area contributed by atoms with Crippen LogP contribution in [-0.2, 0) is 0 Å². The van der Waals surface area contributed by atoms with Gasteiger partial charge in [-0.3, -0.25) is 14.9 Å². The standard InChI is InChI=1S/C14H12N2O4/c1-15(10-5-3-2-4-6-10)14(18)12-9-11(17)7-8-13(12)16(19)20/h2-9,17H,1H3. The number of benzene rings is 2. The van der Waals surface area contributed by atoms with Crippen molar-refractivity contribution in [1.29, 1.82) is 0 Å². The Kier molecular flexibility index (Phi) is 3.65. The van der Waals surface area contributed by atoms with E-state index in [1.165, 1.54) is 18.0 Å². The fourth-order valence-corrected chi connectivity index (χ4v) is 1.80. The van der Waals surface area contributed by atoms with E-state index in [0.29, 0.717) is 5.69 Å². The second-order valence-corrected chi connectivity index (χ2v) is 4.16. The number of phenolic OH excluding ortho intramolecular Hbond substituents is 1. The van der Waals surface area contributed by atoms with E-state index in [1.54, 1.807) is 30.3 Å². The van der Waals surface area contributed by atoms with Gasteiger partial charge in [-0.25, -0.2) is 0 Å². The number of nitro groups is 1. The summed E-state index contributed by atoms with van der Waals surface area (Å²) in [6.45, 7) is 0. The van der Waals surface area contributed by atoms with E-state index in [9.17, 15) is 20.0 Å². The van der Waals surface area contributed by atoms with E-state index in [1.807, 2.05) is 0 Å². The lowest BCUT2D eigenvalue weighted by Crippen LogP contribution is -2.26. The Bertz CT molecular complexity index is 655. The lowest BCUT2D eigenvalue weighted by Gasteiger charge is -2.17. The third kappa shape index (κ3) is 2.59.